The summed E-state index contributed by atoms with van der Waals surface area (Å²) in [5.41, 5.74) is 1.17. The molecule has 1 aromatic heterocycles. The summed E-state index contributed by atoms with van der Waals surface area (Å²) in [6, 6.07) is 7.00. The monoisotopic (exact) mass is 292 g/mol. The van der Waals surface area contributed by atoms with E-state index in [0.29, 0.717) is 5.56 Å². The molecule has 1 atom stereocenters. The normalized spacial score (nSPS) is 18.5. The van der Waals surface area contributed by atoms with Gasteiger partial charge in [0.25, 0.3) is 6.43 Å². The van der Waals surface area contributed by atoms with E-state index in [4.69, 9.17) is 0 Å². The van der Waals surface area contributed by atoms with Crippen molar-refractivity contribution in [2.75, 3.05) is 11.4 Å². The van der Waals surface area contributed by atoms with E-state index in [2.05, 4.69) is 4.98 Å². The van der Waals surface area contributed by atoms with Crippen LogP contribution >= 0.6 is 0 Å². The average Bonchev–Trinajstić information content (AvgIpc) is 2.97. The maximum atomic E-state index is 13.5. The average molecular weight is 292 g/mol. The second-order valence-corrected chi connectivity index (χ2v) is 5.14. The van der Waals surface area contributed by atoms with E-state index in [1.54, 1.807) is 12.4 Å². The minimum atomic E-state index is -2.60. The lowest BCUT2D eigenvalue weighted by Crippen LogP contribution is -2.23. The molecule has 5 heteroatoms. The Balaban J connectivity index is 2.01. The van der Waals surface area contributed by atoms with Gasteiger partial charge in [0.05, 0.1) is 17.9 Å². The summed E-state index contributed by atoms with van der Waals surface area (Å²) in [7, 11) is 0. The molecule has 1 aliphatic heterocycles. The highest BCUT2D eigenvalue weighted by molar-refractivity contribution is 5.49. The molecule has 0 aliphatic carbocycles. The van der Waals surface area contributed by atoms with Crippen LogP contribution in [0, 0.1) is 5.82 Å². The molecule has 110 valence electrons. The smallest absolute Gasteiger partial charge is 0.264 e. The van der Waals surface area contributed by atoms with Gasteiger partial charge in [-0.05, 0) is 42.7 Å². The van der Waals surface area contributed by atoms with Gasteiger partial charge in [0.15, 0.2) is 0 Å². The van der Waals surface area contributed by atoms with Crippen molar-refractivity contribution in [3.05, 3.63) is 59.7 Å². The van der Waals surface area contributed by atoms with Crippen LogP contribution in [0.1, 0.15) is 36.4 Å². The predicted octanol–water partition coefficient (Wildman–Crippen LogP) is 4.50. The summed E-state index contributed by atoms with van der Waals surface area (Å²) < 4.78 is 39.9. The molecule has 3 rings (SSSR count). The van der Waals surface area contributed by atoms with Gasteiger partial charge in [0, 0.05) is 18.3 Å². The number of anilines is 1. The molecule has 2 nitrogen and oxygen atoms in total. The van der Waals surface area contributed by atoms with Gasteiger partial charge >= 0.3 is 0 Å². The zero-order chi connectivity index (χ0) is 14.8. The summed E-state index contributed by atoms with van der Waals surface area (Å²) in [6.45, 7) is 0.759. The summed E-state index contributed by atoms with van der Waals surface area (Å²) in [6.07, 6.45) is 2.40. The molecule has 0 N–H and O–H groups in total. The highest BCUT2D eigenvalue weighted by Gasteiger charge is 2.30. The number of hydrogen-bond donors (Lipinski definition) is 0. The largest absolute Gasteiger partial charge is 0.363 e. The predicted molar refractivity (Wildman–Crippen MR) is 74.9 cm³/mol. The SMILES string of the molecule is Fc1ccc(C(F)F)c([C@H]2CCCN2c2cccnc2)c1. The van der Waals surface area contributed by atoms with Gasteiger partial charge < -0.3 is 4.90 Å². The molecular formula is C16H15F3N2. The zero-order valence-corrected chi connectivity index (χ0v) is 11.3. The number of alkyl halides is 2. The Morgan fingerprint density at radius 3 is 2.81 bits per heavy atom. The van der Waals surface area contributed by atoms with Crippen molar-refractivity contribution in [3.8, 4) is 0 Å². The number of rotatable bonds is 3. The van der Waals surface area contributed by atoms with Crippen molar-refractivity contribution in [3.63, 3.8) is 0 Å². The van der Waals surface area contributed by atoms with Gasteiger partial charge in [-0.25, -0.2) is 13.2 Å². The summed E-state index contributed by atoms with van der Waals surface area (Å²) in [5, 5.41) is 0. The lowest BCUT2D eigenvalue weighted by atomic mass is 9.98. The first-order valence-corrected chi connectivity index (χ1v) is 6.91. The van der Waals surface area contributed by atoms with Crippen molar-refractivity contribution in [1.82, 2.24) is 4.98 Å². The van der Waals surface area contributed by atoms with Gasteiger partial charge in [0.1, 0.15) is 5.82 Å². The summed E-state index contributed by atoms with van der Waals surface area (Å²) >= 11 is 0. The Morgan fingerprint density at radius 1 is 1.24 bits per heavy atom. The van der Waals surface area contributed by atoms with Crippen molar-refractivity contribution >= 4 is 5.69 Å². The fraction of sp³-hybridized carbons (Fsp3) is 0.312. The second kappa shape index (κ2) is 5.76. The molecule has 0 saturated carbocycles. The third-order valence-corrected chi connectivity index (χ3v) is 3.87. The molecule has 0 radical (unpaired) electrons. The topological polar surface area (TPSA) is 16.1 Å². The maximum absolute atomic E-state index is 13.5. The van der Waals surface area contributed by atoms with Crippen LogP contribution in [0.15, 0.2) is 42.7 Å². The van der Waals surface area contributed by atoms with E-state index >= 15 is 0 Å². The lowest BCUT2D eigenvalue weighted by Gasteiger charge is -2.28. The molecule has 1 aromatic carbocycles. The van der Waals surface area contributed by atoms with Gasteiger partial charge in [-0.3, -0.25) is 4.98 Å². The molecular weight excluding hydrogens is 277 g/mol. The first-order valence-electron chi connectivity index (χ1n) is 6.91. The number of nitrogens with zero attached hydrogens (tertiary/aromatic N) is 2. The lowest BCUT2D eigenvalue weighted by molar-refractivity contribution is 0.149. The summed E-state index contributed by atoms with van der Waals surface area (Å²) in [4.78, 5) is 6.09. The van der Waals surface area contributed by atoms with Crippen LogP contribution in [0.25, 0.3) is 0 Å². The number of halogens is 3. The van der Waals surface area contributed by atoms with E-state index < -0.39 is 12.2 Å². The number of hydrogen-bond acceptors (Lipinski definition) is 2. The Hall–Kier alpha value is -2.04. The second-order valence-electron chi connectivity index (χ2n) is 5.14. The van der Waals surface area contributed by atoms with Crippen molar-refractivity contribution in [2.45, 2.75) is 25.3 Å². The molecule has 1 aliphatic rings. The molecule has 0 unspecified atom stereocenters. The third kappa shape index (κ3) is 2.73. The molecule has 0 amide bonds. The van der Waals surface area contributed by atoms with E-state index in [-0.39, 0.29) is 11.6 Å². The van der Waals surface area contributed by atoms with E-state index in [1.165, 1.54) is 12.1 Å². The number of benzene rings is 1. The van der Waals surface area contributed by atoms with Gasteiger partial charge in [0.2, 0.25) is 0 Å². The Labute approximate surface area is 121 Å². The fourth-order valence-electron chi connectivity index (χ4n) is 2.96. The molecule has 2 aromatic rings. The number of aromatic nitrogens is 1. The van der Waals surface area contributed by atoms with Crippen LogP contribution in [0.3, 0.4) is 0 Å². The molecule has 2 heterocycles. The third-order valence-electron chi connectivity index (χ3n) is 3.87. The minimum Gasteiger partial charge on any atom is -0.363 e. The van der Waals surface area contributed by atoms with Crippen molar-refractivity contribution in [2.24, 2.45) is 0 Å². The van der Waals surface area contributed by atoms with Crippen molar-refractivity contribution in [1.29, 1.82) is 0 Å². The fourth-order valence-corrected chi connectivity index (χ4v) is 2.96. The van der Waals surface area contributed by atoms with Crippen LogP contribution in [0.5, 0.6) is 0 Å². The first kappa shape index (κ1) is 13.9. The quantitative estimate of drug-likeness (QED) is 0.828. The van der Waals surface area contributed by atoms with Gasteiger partial charge in [-0.1, -0.05) is 6.07 Å². The van der Waals surface area contributed by atoms with Crippen molar-refractivity contribution < 1.29 is 13.2 Å². The highest BCUT2D eigenvalue weighted by Crippen LogP contribution is 2.39. The maximum Gasteiger partial charge on any atom is 0.264 e. The highest BCUT2D eigenvalue weighted by atomic mass is 19.3. The Morgan fingerprint density at radius 2 is 2.10 bits per heavy atom. The Kier molecular flexibility index (Phi) is 3.82. The van der Waals surface area contributed by atoms with Crippen LogP contribution < -0.4 is 4.90 Å². The van der Waals surface area contributed by atoms with E-state index in [9.17, 15) is 13.2 Å². The first-order chi connectivity index (χ1) is 10.2. The van der Waals surface area contributed by atoms with Gasteiger partial charge in [-0.15, -0.1) is 0 Å². The molecule has 0 spiro atoms. The van der Waals surface area contributed by atoms with E-state index in [1.807, 2.05) is 17.0 Å². The minimum absolute atomic E-state index is 0.0859. The van der Waals surface area contributed by atoms with E-state index in [0.717, 1.165) is 31.1 Å². The van der Waals surface area contributed by atoms with Gasteiger partial charge in [-0.2, -0.15) is 0 Å². The summed E-state index contributed by atoms with van der Waals surface area (Å²) in [5.74, 6) is -0.479. The Bertz CT molecular complexity index is 616. The standard InChI is InChI=1S/C16H15F3N2/c17-11-5-6-13(16(18)19)14(9-11)15-4-2-8-21(15)12-3-1-7-20-10-12/h1,3,5-7,9-10,15-16H,2,4,8H2/t15-/m1/s1. The van der Waals surface area contributed by atoms with Crippen LogP contribution in [0.2, 0.25) is 0 Å². The molecule has 1 fully saturated rings. The van der Waals surface area contributed by atoms with Crippen LogP contribution in [-0.4, -0.2) is 11.5 Å². The molecule has 1 saturated heterocycles. The van der Waals surface area contributed by atoms with Crippen LogP contribution in [-0.2, 0) is 0 Å². The molecule has 0 bridgehead atoms. The van der Waals surface area contributed by atoms with Crippen LogP contribution in [0.4, 0.5) is 18.9 Å². The zero-order valence-electron chi connectivity index (χ0n) is 11.3. The number of pyridine rings is 1. The molecule has 21 heavy (non-hydrogen) atoms.